The van der Waals surface area contributed by atoms with E-state index in [4.69, 9.17) is 16.7 Å². The highest BCUT2D eigenvalue weighted by atomic mass is 35.5. The number of rotatable bonds is 8. The first-order chi connectivity index (χ1) is 13.5. The third-order valence-corrected chi connectivity index (χ3v) is 7.71. The molecule has 0 saturated carbocycles. The van der Waals surface area contributed by atoms with Gasteiger partial charge in [-0.3, -0.25) is 9.80 Å². The van der Waals surface area contributed by atoms with Crippen molar-refractivity contribution in [2.75, 3.05) is 59.0 Å². The molecule has 8 heteroatoms. The quantitative estimate of drug-likeness (QED) is 0.701. The van der Waals surface area contributed by atoms with Crippen molar-refractivity contribution in [2.24, 2.45) is 0 Å². The summed E-state index contributed by atoms with van der Waals surface area (Å²) in [7, 11) is -3.61. The summed E-state index contributed by atoms with van der Waals surface area (Å²) in [6.45, 7) is 7.91. The summed E-state index contributed by atoms with van der Waals surface area (Å²) in [5.41, 5.74) is 0. The van der Waals surface area contributed by atoms with Crippen molar-refractivity contribution in [1.29, 1.82) is 0 Å². The fourth-order valence-electron chi connectivity index (χ4n) is 3.69. The van der Waals surface area contributed by atoms with E-state index in [0.29, 0.717) is 41.5 Å². The second-order valence-electron chi connectivity index (χ2n) is 6.99. The average molecular weight is 426 g/mol. The fourth-order valence-corrected chi connectivity index (χ4v) is 5.57. The van der Waals surface area contributed by atoms with Crippen LogP contribution in [0.25, 0.3) is 10.8 Å². The van der Waals surface area contributed by atoms with Gasteiger partial charge in [0.1, 0.15) is 0 Å². The molecule has 0 aromatic heterocycles. The second-order valence-corrected chi connectivity index (χ2v) is 9.31. The van der Waals surface area contributed by atoms with E-state index in [-0.39, 0.29) is 6.61 Å². The Morgan fingerprint density at radius 1 is 1.00 bits per heavy atom. The molecular weight excluding hydrogens is 398 g/mol. The van der Waals surface area contributed by atoms with Crippen LogP contribution < -0.4 is 0 Å². The number of benzene rings is 2. The van der Waals surface area contributed by atoms with Gasteiger partial charge in [-0.1, -0.05) is 42.8 Å². The maximum absolute atomic E-state index is 13.3. The lowest BCUT2D eigenvalue weighted by Gasteiger charge is -2.35. The number of hydrogen-bond acceptors (Lipinski definition) is 5. The predicted octanol–water partition coefficient (Wildman–Crippen LogP) is 2.11. The lowest BCUT2D eigenvalue weighted by molar-refractivity contribution is 0.109. The highest BCUT2D eigenvalue weighted by Gasteiger charge is 2.26. The monoisotopic (exact) mass is 425 g/mol. The first kappa shape index (κ1) is 21.5. The van der Waals surface area contributed by atoms with Gasteiger partial charge in [-0.25, -0.2) is 8.42 Å². The Hall–Kier alpha value is -1.22. The van der Waals surface area contributed by atoms with Crippen LogP contribution >= 0.6 is 11.6 Å². The maximum atomic E-state index is 13.3. The Balaban J connectivity index is 1.73. The van der Waals surface area contributed by atoms with Crippen LogP contribution in [-0.4, -0.2) is 86.6 Å². The first-order valence-electron chi connectivity index (χ1n) is 9.70. The second kappa shape index (κ2) is 9.52. The smallest absolute Gasteiger partial charge is 0.243 e. The minimum atomic E-state index is -3.61. The maximum Gasteiger partial charge on any atom is 0.243 e. The number of sulfonamides is 1. The molecule has 2 aromatic carbocycles. The Bertz CT molecular complexity index is 899. The molecule has 0 radical (unpaired) electrons. The van der Waals surface area contributed by atoms with Crippen LogP contribution in [0.2, 0.25) is 5.02 Å². The van der Waals surface area contributed by atoms with Gasteiger partial charge in [-0.15, -0.1) is 0 Å². The van der Waals surface area contributed by atoms with Crippen molar-refractivity contribution in [3.63, 3.8) is 0 Å². The van der Waals surface area contributed by atoms with Crippen LogP contribution in [0.15, 0.2) is 41.3 Å². The summed E-state index contributed by atoms with van der Waals surface area (Å²) < 4.78 is 28.2. The lowest BCUT2D eigenvalue weighted by atomic mass is 10.1. The van der Waals surface area contributed by atoms with Crippen molar-refractivity contribution in [2.45, 2.75) is 11.8 Å². The predicted molar refractivity (Wildman–Crippen MR) is 113 cm³/mol. The van der Waals surface area contributed by atoms with Gasteiger partial charge in [0.25, 0.3) is 0 Å². The number of likely N-dealkylation sites (N-methyl/N-ethyl adjacent to an activating group) is 1. The average Bonchev–Trinajstić information content (AvgIpc) is 2.69. The van der Waals surface area contributed by atoms with Crippen molar-refractivity contribution >= 4 is 32.4 Å². The third-order valence-electron chi connectivity index (χ3n) is 5.35. The van der Waals surface area contributed by atoms with E-state index in [1.807, 2.05) is 19.1 Å². The molecule has 28 heavy (non-hydrogen) atoms. The Kier molecular flexibility index (Phi) is 7.31. The van der Waals surface area contributed by atoms with Crippen LogP contribution in [0, 0.1) is 0 Å². The van der Waals surface area contributed by atoms with Crippen molar-refractivity contribution in [1.82, 2.24) is 14.1 Å². The lowest BCUT2D eigenvalue weighted by Crippen LogP contribution is -2.49. The number of halogens is 1. The van der Waals surface area contributed by atoms with E-state index in [2.05, 4.69) is 9.80 Å². The number of hydrogen-bond donors (Lipinski definition) is 1. The summed E-state index contributed by atoms with van der Waals surface area (Å²) in [4.78, 5) is 4.82. The molecule has 154 valence electrons. The number of aliphatic hydroxyl groups is 1. The largest absolute Gasteiger partial charge is 0.395 e. The van der Waals surface area contributed by atoms with Crippen molar-refractivity contribution < 1.29 is 13.5 Å². The summed E-state index contributed by atoms with van der Waals surface area (Å²) in [5, 5.41) is 11.0. The minimum Gasteiger partial charge on any atom is -0.395 e. The van der Waals surface area contributed by atoms with Crippen molar-refractivity contribution in [3.05, 3.63) is 41.4 Å². The van der Waals surface area contributed by atoms with Crippen LogP contribution in [0.1, 0.15) is 6.92 Å². The summed E-state index contributed by atoms with van der Waals surface area (Å²) in [6, 6.07) is 10.6. The molecule has 0 spiro atoms. The van der Waals surface area contributed by atoms with Gasteiger partial charge in [0.05, 0.1) is 11.5 Å². The van der Waals surface area contributed by atoms with E-state index >= 15 is 0 Å². The van der Waals surface area contributed by atoms with Gasteiger partial charge in [0.2, 0.25) is 10.0 Å². The van der Waals surface area contributed by atoms with E-state index in [1.165, 1.54) is 0 Å². The molecule has 1 heterocycles. The van der Waals surface area contributed by atoms with Gasteiger partial charge < -0.3 is 5.11 Å². The highest BCUT2D eigenvalue weighted by Crippen LogP contribution is 2.30. The standard InChI is InChI=1S/C20H28ClN3O3S/c1-2-24(14-13-22-9-11-23(12-10-22)15-16-25)28(26,27)20-8-4-5-17-18(20)6-3-7-19(17)21/h3-8,25H,2,9-16H2,1H3. The zero-order valence-corrected chi connectivity index (χ0v) is 17.8. The summed E-state index contributed by atoms with van der Waals surface area (Å²) in [6.07, 6.45) is 0. The normalized spacial score (nSPS) is 16.9. The Labute approximate surface area is 172 Å². The van der Waals surface area contributed by atoms with Gasteiger partial charge in [0.15, 0.2) is 0 Å². The topological polar surface area (TPSA) is 64.1 Å². The van der Waals surface area contributed by atoms with Crippen LogP contribution in [0.3, 0.4) is 0 Å². The number of β-amino-alcohol motifs (C(OH)–C–C–N with tert-alkyl or cyclic N) is 1. The molecule has 0 amide bonds. The Morgan fingerprint density at radius 2 is 1.61 bits per heavy atom. The number of nitrogens with zero attached hydrogens (tertiary/aromatic N) is 3. The molecule has 0 unspecified atom stereocenters. The highest BCUT2D eigenvalue weighted by molar-refractivity contribution is 7.89. The van der Waals surface area contributed by atoms with Gasteiger partial charge >= 0.3 is 0 Å². The van der Waals surface area contributed by atoms with Crippen LogP contribution in [-0.2, 0) is 10.0 Å². The van der Waals surface area contributed by atoms with E-state index in [1.54, 1.807) is 28.6 Å². The molecule has 0 bridgehead atoms. The summed E-state index contributed by atoms with van der Waals surface area (Å²) >= 11 is 6.25. The zero-order chi connectivity index (χ0) is 20.1. The molecule has 0 atom stereocenters. The molecule has 6 nitrogen and oxygen atoms in total. The van der Waals surface area contributed by atoms with Crippen LogP contribution in [0.5, 0.6) is 0 Å². The van der Waals surface area contributed by atoms with Crippen LogP contribution in [0.4, 0.5) is 0 Å². The molecule has 0 aliphatic carbocycles. The number of fused-ring (bicyclic) bond motifs is 1. The van der Waals surface area contributed by atoms with Gasteiger partial charge in [-0.2, -0.15) is 4.31 Å². The summed E-state index contributed by atoms with van der Waals surface area (Å²) in [5.74, 6) is 0. The molecule has 1 aliphatic rings. The van der Waals surface area contributed by atoms with Gasteiger partial charge in [-0.05, 0) is 12.1 Å². The SMILES string of the molecule is CCN(CCN1CCN(CCO)CC1)S(=O)(=O)c1cccc2c(Cl)cccc12. The van der Waals surface area contributed by atoms with E-state index < -0.39 is 10.0 Å². The van der Waals surface area contributed by atoms with E-state index in [0.717, 1.165) is 31.6 Å². The van der Waals surface area contributed by atoms with E-state index in [9.17, 15) is 8.42 Å². The molecule has 3 rings (SSSR count). The Morgan fingerprint density at radius 3 is 2.25 bits per heavy atom. The minimum absolute atomic E-state index is 0.177. The first-order valence-corrected chi connectivity index (χ1v) is 11.5. The third kappa shape index (κ3) is 4.67. The van der Waals surface area contributed by atoms with Crippen molar-refractivity contribution in [3.8, 4) is 0 Å². The molecule has 1 N–H and O–H groups in total. The number of piperazine rings is 1. The molecule has 2 aromatic rings. The number of aliphatic hydroxyl groups excluding tert-OH is 1. The molecule has 1 saturated heterocycles. The fraction of sp³-hybridized carbons (Fsp3) is 0.500. The zero-order valence-electron chi connectivity index (χ0n) is 16.2. The molecular formula is C20H28ClN3O3S. The van der Waals surface area contributed by atoms with Gasteiger partial charge in [0, 0.05) is 68.2 Å². The molecule has 1 fully saturated rings. The molecule has 1 aliphatic heterocycles.